The molecule has 5 heteroatoms. The highest BCUT2D eigenvalue weighted by molar-refractivity contribution is 5.95. The first kappa shape index (κ1) is 13.8. The van der Waals surface area contributed by atoms with Gasteiger partial charge in [0.15, 0.2) is 0 Å². The van der Waals surface area contributed by atoms with Crippen LogP contribution >= 0.6 is 0 Å². The van der Waals surface area contributed by atoms with E-state index < -0.39 is 5.97 Å². The zero-order valence-electron chi connectivity index (χ0n) is 11.4. The number of hydrogen-bond donors (Lipinski definition) is 2. The fourth-order valence-corrected chi connectivity index (χ4v) is 2.56. The lowest BCUT2D eigenvalue weighted by Gasteiger charge is -2.39. The lowest BCUT2D eigenvalue weighted by molar-refractivity contribution is 0.0696. The van der Waals surface area contributed by atoms with Crippen LogP contribution < -0.4 is 4.90 Å². The van der Waals surface area contributed by atoms with E-state index in [0.717, 1.165) is 30.5 Å². The summed E-state index contributed by atoms with van der Waals surface area (Å²) in [5.74, 6) is -0.453. The summed E-state index contributed by atoms with van der Waals surface area (Å²) in [5.41, 5.74) is 1.78. The SMILES string of the molecule is Cc1cc(C)c(C(=O)O)c(N(CCO)C2CCC2)n1. The summed E-state index contributed by atoms with van der Waals surface area (Å²) in [7, 11) is 0. The third kappa shape index (κ3) is 2.71. The fraction of sp³-hybridized carbons (Fsp3) is 0.571. The van der Waals surface area contributed by atoms with Crippen LogP contribution in [0.1, 0.15) is 40.9 Å². The highest BCUT2D eigenvalue weighted by Gasteiger charge is 2.29. The molecule has 0 radical (unpaired) electrons. The molecule has 0 bridgehead atoms. The van der Waals surface area contributed by atoms with Gasteiger partial charge in [-0.05, 0) is 44.7 Å². The molecule has 0 aromatic carbocycles. The molecule has 0 amide bonds. The second kappa shape index (κ2) is 5.57. The van der Waals surface area contributed by atoms with Gasteiger partial charge in [-0.3, -0.25) is 0 Å². The number of hydrogen-bond acceptors (Lipinski definition) is 4. The average Bonchev–Trinajstić information content (AvgIpc) is 2.24. The molecule has 0 saturated heterocycles. The van der Waals surface area contributed by atoms with Crippen molar-refractivity contribution in [2.45, 2.75) is 39.2 Å². The summed E-state index contributed by atoms with van der Waals surface area (Å²) >= 11 is 0. The Morgan fingerprint density at radius 3 is 2.63 bits per heavy atom. The van der Waals surface area contributed by atoms with Crippen molar-refractivity contribution in [3.05, 3.63) is 22.9 Å². The van der Waals surface area contributed by atoms with Gasteiger partial charge in [0.05, 0.1) is 6.61 Å². The molecular weight excluding hydrogens is 244 g/mol. The lowest BCUT2D eigenvalue weighted by atomic mass is 9.91. The van der Waals surface area contributed by atoms with Crippen LogP contribution in [0.15, 0.2) is 6.07 Å². The molecule has 104 valence electrons. The van der Waals surface area contributed by atoms with Crippen molar-refractivity contribution < 1.29 is 15.0 Å². The number of aromatic nitrogens is 1. The van der Waals surface area contributed by atoms with E-state index in [1.54, 1.807) is 13.0 Å². The average molecular weight is 264 g/mol. The molecule has 1 fully saturated rings. The number of aryl methyl sites for hydroxylation is 2. The van der Waals surface area contributed by atoms with Crippen molar-refractivity contribution in [1.82, 2.24) is 4.98 Å². The van der Waals surface area contributed by atoms with Gasteiger partial charge in [0.2, 0.25) is 0 Å². The van der Waals surface area contributed by atoms with E-state index in [4.69, 9.17) is 0 Å². The van der Waals surface area contributed by atoms with Gasteiger partial charge in [-0.15, -0.1) is 0 Å². The first-order chi connectivity index (χ1) is 9.04. The van der Waals surface area contributed by atoms with Gasteiger partial charge >= 0.3 is 5.97 Å². The van der Waals surface area contributed by atoms with Gasteiger partial charge in [0, 0.05) is 18.3 Å². The number of nitrogens with zero attached hydrogens (tertiary/aromatic N) is 2. The minimum absolute atomic E-state index is 0.00420. The van der Waals surface area contributed by atoms with Gasteiger partial charge in [-0.25, -0.2) is 9.78 Å². The number of rotatable bonds is 5. The van der Waals surface area contributed by atoms with E-state index in [9.17, 15) is 15.0 Å². The van der Waals surface area contributed by atoms with Crippen LogP contribution in [0.2, 0.25) is 0 Å². The Morgan fingerprint density at radius 1 is 1.47 bits per heavy atom. The summed E-state index contributed by atoms with van der Waals surface area (Å²) < 4.78 is 0. The van der Waals surface area contributed by atoms with Gasteiger partial charge in [0.1, 0.15) is 11.4 Å². The number of carboxylic acid groups (broad SMARTS) is 1. The molecule has 2 N–H and O–H groups in total. The van der Waals surface area contributed by atoms with E-state index in [0.29, 0.717) is 18.4 Å². The monoisotopic (exact) mass is 264 g/mol. The summed E-state index contributed by atoms with van der Waals surface area (Å²) in [6.45, 7) is 4.09. The largest absolute Gasteiger partial charge is 0.478 e. The van der Waals surface area contributed by atoms with Gasteiger partial charge < -0.3 is 15.1 Å². The highest BCUT2D eigenvalue weighted by Crippen LogP contribution is 2.31. The minimum Gasteiger partial charge on any atom is -0.478 e. The fourth-order valence-electron chi connectivity index (χ4n) is 2.56. The molecule has 2 rings (SSSR count). The Kier molecular flexibility index (Phi) is 4.04. The van der Waals surface area contributed by atoms with E-state index in [1.807, 2.05) is 11.8 Å². The quantitative estimate of drug-likeness (QED) is 0.847. The van der Waals surface area contributed by atoms with Gasteiger partial charge in [0.25, 0.3) is 0 Å². The van der Waals surface area contributed by atoms with Gasteiger partial charge in [-0.2, -0.15) is 0 Å². The smallest absolute Gasteiger partial charge is 0.339 e. The standard InChI is InChI=1S/C14H20N2O3/c1-9-8-10(2)15-13(12(9)14(18)19)16(6-7-17)11-4-3-5-11/h8,11,17H,3-7H2,1-2H3,(H,18,19). The summed E-state index contributed by atoms with van der Waals surface area (Å²) in [5, 5.41) is 18.6. The second-order valence-corrected chi connectivity index (χ2v) is 5.09. The maximum atomic E-state index is 11.5. The number of carboxylic acids is 1. The van der Waals surface area contributed by atoms with Crippen molar-refractivity contribution in [2.75, 3.05) is 18.1 Å². The van der Waals surface area contributed by atoms with Crippen molar-refractivity contribution in [1.29, 1.82) is 0 Å². The highest BCUT2D eigenvalue weighted by atomic mass is 16.4. The van der Waals surface area contributed by atoms with Crippen LogP contribution in [0, 0.1) is 13.8 Å². The number of pyridine rings is 1. The third-order valence-corrected chi connectivity index (χ3v) is 3.67. The van der Waals surface area contributed by atoms with Gasteiger partial charge in [-0.1, -0.05) is 0 Å². The van der Waals surface area contributed by atoms with Crippen LogP contribution in [-0.4, -0.2) is 40.4 Å². The molecule has 0 aliphatic heterocycles. The van der Waals surface area contributed by atoms with Crippen LogP contribution in [0.3, 0.4) is 0 Å². The lowest BCUT2D eigenvalue weighted by Crippen LogP contribution is -2.43. The zero-order valence-corrected chi connectivity index (χ0v) is 11.4. The van der Waals surface area contributed by atoms with E-state index in [-0.39, 0.29) is 12.2 Å². The molecule has 1 aliphatic rings. The number of aliphatic hydroxyl groups is 1. The third-order valence-electron chi connectivity index (χ3n) is 3.67. The van der Waals surface area contributed by atoms with Crippen LogP contribution in [0.4, 0.5) is 5.82 Å². The van der Waals surface area contributed by atoms with Crippen molar-refractivity contribution in [3.8, 4) is 0 Å². The Bertz CT molecular complexity index is 484. The normalized spacial score (nSPS) is 15.1. The molecule has 19 heavy (non-hydrogen) atoms. The molecule has 1 saturated carbocycles. The molecular formula is C14H20N2O3. The maximum absolute atomic E-state index is 11.5. The predicted molar refractivity (Wildman–Crippen MR) is 72.7 cm³/mol. The van der Waals surface area contributed by atoms with E-state index in [1.165, 1.54) is 0 Å². The second-order valence-electron chi connectivity index (χ2n) is 5.09. The maximum Gasteiger partial charge on any atom is 0.339 e. The summed E-state index contributed by atoms with van der Waals surface area (Å²) in [6.07, 6.45) is 3.22. The Balaban J connectivity index is 2.47. The number of anilines is 1. The van der Waals surface area contributed by atoms with Crippen molar-refractivity contribution >= 4 is 11.8 Å². The molecule has 0 unspecified atom stereocenters. The number of aliphatic hydroxyl groups excluding tert-OH is 1. The van der Waals surface area contributed by atoms with Crippen molar-refractivity contribution in [3.63, 3.8) is 0 Å². The molecule has 1 aromatic heterocycles. The zero-order chi connectivity index (χ0) is 14.0. The van der Waals surface area contributed by atoms with E-state index in [2.05, 4.69) is 4.98 Å². The molecule has 1 aliphatic carbocycles. The topological polar surface area (TPSA) is 73.7 Å². The van der Waals surface area contributed by atoms with Crippen LogP contribution in [0.5, 0.6) is 0 Å². The molecule has 5 nitrogen and oxygen atoms in total. The predicted octanol–water partition coefficient (Wildman–Crippen LogP) is 1.75. The van der Waals surface area contributed by atoms with E-state index >= 15 is 0 Å². The first-order valence-corrected chi connectivity index (χ1v) is 6.63. The number of carbonyl (C=O) groups is 1. The molecule has 0 atom stereocenters. The Morgan fingerprint density at radius 2 is 2.16 bits per heavy atom. The summed E-state index contributed by atoms with van der Waals surface area (Å²) in [6, 6.07) is 2.09. The van der Waals surface area contributed by atoms with Crippen LogP contribution in [0.25, 0.3) is 0 Å². The summed E-state index contributed by atoms with van der Waals surface area (Å²) in [4.78, 5) is 17.8. The molecule has 0 spiro atoms. The number of aromatic carboxylic acids is 1. The Labute approximate surface area is 112 Å². The minimum atomic E-state index is -0.956. The van der Waals surface area contributed by atoms with Crippen molar-refractivity contribution in [2.24, 2.45) is 0 Å². The first-order valence-electron chi connectivity index (χ1n) is 6.63. The molecule has 1 aromatic rings. The van der Waals surface area contributed by atoms with Crippen LogP contribution in [-0.2, 0) is 0 Å². The molecule has 1 heterocycles. The Hall–Kier alpha value is -1.62.